The van der Waals surface area contributed by atoms with E-state index in [1.807, 2.05) is 0 Å². The molecule has 0 atom stereocenters. The summed E-state index contributed by atoms with van der Waals surface area (Å²) in [6.07, 6.45) is 0. The smallest absolute Gasteiger partial charge is 0.894 e. The summed E-state index contributed by atoms with van der Waals surface area (Å²) < 4.78 is 31.6. The van der Waals surface area contributed by atoms with Crippen molar-refractivity contribution in [3.05, 3.63) is 0 Å². The molecule has 0 amide bonds. The monoisotopic (exact) mass is 280 g/mol. The molecule has 0 aromatic rings. The molecule has 0 aliphatic carbocycles. The van der Waals surface area contributed by atoms with Crippen LogP contribution < -0.4 is 19.2 Å². The largest absolute Gasteiger partial charge is 4.00 e. The van der Waals surface area contributed by atoms with E-state index >= 15 is 0 Å². The predicted octanol–water partition coefficient (Wildman–Crippen LogP) is -5.79. The average molecular weight is 281 g/mol. The molecular formula is H2O8SSiZr. The maximum absolute atomic E-state index is 8.74. The number of hydrogen-bond donors (Lipinski definition) is 2. The van der Waals surface area contributed by atoms with E-state index in [0.717, 1.165) is 0 Å². The molecule has 0 spiro atoms. The summed E-state index contributed by atoms with van der Waals surface area (Å²) in [6.45, 7) is 0. The Morgan fingerprint density at radius 3 is 1.00 bits per heavy atom. The summed E-state index contributed by atoms with van der Waals surface area (Å²) in [4.78, 5) is 34.3. The minimum absolute atomic E-state index is 0. The minimum atomic E-state index is -5.61. The van der Waals surface area contributed by atoms with Crippen LogP contribution >= 0.6 is 0 Å². The third-order valence-corrected chi connectivity index (χ3v) is 0. The second-order valence-electron chi connectivity index (χ2n) is 0.948. The van der Waals surface area contributed by atoms with Gasteiger partial charge in [-0.1, -0.05) is 0 Å². The van der Waals surface area contributed by atoms with Crippen LogP contribution in [0.4, 0.5) is 0 Å². The normalized spacial score (nSPS) is 10.7. The van der Waals surface area contributed by atoms with Gasteiger partial charge in [0, 0.05) is 0 Å². The molecule has 64 valence electrons. The van der Waals surface area contributed by atoms with Gasteiger partial charge in [-0.15, -0.1) is 0 Å². The molecule has 0 fully saturated rings. The Labute approximate surface area is 82.3 Å². The van der Waals surface area contributed by atoms with Crippen LogP contribution in [-0.4, -0.2) is 26.6 Å². The zero-order valence-corrected chi connectivity index (χ0v) is 9.03. The summed E-state index contributed by atoms with van der Waals surface area (Å²) in [5, 5.41) is 0. The Morgan fingerprint density at radius 1 is 1.00 bits per heavy atom. The molecule has 0 aromatic heterocycles. The Balaban J connectivity index is -0.000000107. The van der Waals surface area contributed by atoms with Crippen LogP contribution in [0.1, 0.15) is 0 Å². The van der Waals surface area contributed by atoms with Crippen molar-refractivity contribution in [1.82, 2.24) is 0 Å². The Bertz CT molecular complexity index is 149. The standard InChI is InChI=1S/H2O4S.O4Si.Zr/c2*1-5(2,3)4;/h(H2,1,2,3,4);;/q;-4;+4. The van der Waals surface area contributed by atoms with Crippen molar-refractivity contribution >= 4 is 19.4 Å². The van der Waals surface area contributed by atoms with Gasteiger partial charge in [0.2, 0.25) is 0 Å². The van der Waals surface area contributed by atoms with Crippen LogP contribution in [0.25, 0.3) is 0 Å². The van der Waals surface area contributed by atoms with Gasteiger partial charge >= 0.3 is 36.6 Å². The van der Waals surface area contributed by atoms with E-state index in [-0.39, 0.29) is 26.2 Å². The first kappa shape index (κ1) is 17.8. The number of rotatable bonds is 0. The van der Waals surface area contributed by atoms with Crippen molar-refractivity contribution in [2.24, 2.45) is 0 Å². The quantitative estimate of drug-likeness (QED) is 0.327. The molecule has 0 bridgehead atoms. The van der Waals surface area contributed by atoms with Crippen LogP contribution in [-0.2, 0) is 36.6 Å². The predicted molar refractivity (Wildman–Crippen MR) is 19.9 cm³/mol. The first-order valence-corrected chi connectivity index (χ1v) is 4.54. The fourth-order valence-corrected chi connectivity index (χ4v) is 0. The van der Waals surface area contributed by atoms with Gasteiger partial charge in [-0.3, -0.25) is 9.11 Å². The van der Waals surface area contributed by atoms with Crippen LogP contribution in [0.2, 0.25) is 0 Å². The van der Waals surface area contributed by atoms with E-state index in [1.165, 1.54) is 0 Å². The Morgan fingerprint density at radius 2 is 1.00 bits per heavy atom. The molecule has 0 heterocycles. The second kappa shape index (κ2) is 6.34. The Kier molecular flexibility index (Phi) is 10.2. The van der Waals surface area contributed by atoms with Gasteiger partial charge in [0.1, 0.15) is 0 Å². The summed E-state index contributed by atoms with van der Waals surface area (Å²) in [6, 6.07) is 0. The first-order valence-electron chi connectivity index (χ1n) is 1.51. The molecule has 0 radical (unpaired) electrons. The van der Waals surface area contributed by atoms with E-state index in [4.69, 9.17) is 36.7 Å². The first-order chi connectivity index (χ1) is 4.00. The molecule has 0 aliphatic rings. The second-order valence-corrected chi connectivity index (χ2v) is 2.84. The van der Waals surface area contributed by atoms with Crippen molar-refractivity contribution in [2.75, 3.05) is 0 Å². The molecule has 0 rings (SSSR count). The topological polar surface area (TPSA) is 167 Å². The summed E-state index contributed by atoms with van der Waals surface area (Å²) in [7, 11) is -10.3. The molecule has 0 aromatic carbocycles. The van der Waals surface area contributed by atoms with E-state index in [0.29, 0.717) is 0 Å². The summed E-state index contributed by atoms with van der Waals surface area (Å²) >= 11 is 0. The van der Waals surface area contributed by atoms with E-state index in [1.54, 1.807) is 0 Å². The van der Waals surface area contributed by atoms with E-state index in [9.17, 15) is 0 Å². The molecule has 11 heavy (non-hydrogen) atoms. The van der Waals surface area contributed by atoms with Crippen molar-refractivity contribution < 1.29 is 62.9 Å². The molecule has 0 saturated carbocycles. The molecule has 2 N–H and O–H groups in total. The van der Waals surface area contributed by atoms with Crippen molar-refractivity contribution in [1.29, 1.82) is 0 Å². The maximum atomic E-state index is 8.74. The van der Waals surface area contributed by atoms with Gasteiger partial charge in [0.15, 0.2) is 0 Å². The third-order valence-electron chi connectivity index (χ3n) is 0. The van der Waals surface area contributed by atoms with Crippen molar-refractivity contribution in [3.8, 4) is 0 Å². The van der Waals surface area contributed by atoms with E-state index in [2.05, 4.69) is 0 Å². The minimum Gasteiger partial charge on any atom is -0.894 e. The van der Waals surface area contributed by atoms with Crippen molar-refractivity contribution in [3.63, 3.8) is 0 Å². The summed E-state index contributed by atoms with van der Waals surface area (Å²) in [5.74, 6) is 0. The van der Waals surface area contributed by atoms with Gasteiger partial charge in [-0.2, -0.15) is 8.42 Å². The fourth-order valence-electron chi connectivity index (χ4n) is 0. The molecule has 11 heteroatoms. The third kappa shape index (κ3) is 1280. The molecule has 0 aliphatic heterocycles. The van der Waals surface area contributed by atoms with Gasteiger partial charge in [-0.25, -0.2) is 0 Å². The molecule has 8 nitrogen and oxygen atoms in total. The average Bonchev–Trinajstić information content (AvgIpc) is 1.12. The van der Waals surface area contributed by atoms with Crippen LogP contribution in [0.15, 0.2) is 0 Å². The molecule has 0 unspecified atom stereocenters. The Hall–Kier alpha value is 0.810. The van der Waals surface area contributed by atoms with Crippen LogP contribution in [0.3, 0.4) is 0 Å². The zero-order chi connectivity index (χ0) is 9.00. The van der Waals surface area contributed by atoms with Crippen LogP contribution in [0, 0.1) is 0 Å². The van der Waals surface area contributed by atoms with Gasteiger partial charge in [0.05, 0.1) is 0 Å². The van der Waals surface area contributed by atoms with E-state index < -0.39 is 19.4 Å². The van der Waals surface area contributed by atoms with Crippen molar-refractivity contribution in [2.45, 2.75) is 0 Å². The zero-order valence-electron chi connectivity index (χ0n) is 4.75. The maximum Gasteiger partial charge on any atom is 4.00 e. The fraction of sp³-hybridized carbons (Fsp3) is 0. The molecular weight excluding hydrogens is 279 g/mol. The van der Waals surface area contributed by atoms with Gasteiger partial charge < -0.3 is 28.2 Å². The van der Waals surface area contributed by atoms with Gasteiger partial charge in [0.25, 0.3) is 0 Å². The SMILES string of the molecule is O=S(=O)(O)O.[O-][Si]([O-])([O-])[O-].[Zr+4]. The van der Waals surface area contributed by atoms with Crippen LogP contribution in [0.5, 0.6) is 0 Å². The van der Waals surface area contributed by atoms with Gasteiger partial charge in [-0.05, 0) is 0 Å². The number of hydrogen-bond acceptors (Lipinski definition) is 6. The molecule has 0 saturated heterocycles. The summed E-state index contributed by atoms with van der Waals surface area (Å²) in [5.41, 5.74) is 0.